The van der Waals surface area contributed by atoms with Gasteiger partial charge in [0.1, 0.15) is 0 Å². The van der Waals surface area contributed by atoms with Crippen LogP contribution in [-0.2, 0) is 4.79 Å². The van der Waals surface area contributed by atoms with Crippen molar-refractivity contribution in [3.63, 3.8) is 0 Å². The van der Waals surface area contributed by atoms with Gasteiger partial charge in [0.25, 0.3) is 0 Å². The molecule has 4 heteroatoms. The Morgan fingerprint density at radius 1 is 1.39 bits per heavy atom. The Morgan fingerprint density at radius 3 is 2.50 bits per heavy atom. The van der Waals surface area contributed by atoms with E-state index in [0.717, 1.165) is 10.0 Å². The number of nitrogens with two attached hydrogens (primary N) is 1. The first-order chi connectivity index (χ1) is 8.21. The fourth-order valence-corrected chi connectivity index (χ4v) is 1.97. The van der Waals surface area contributed by atoms with Crippen molar-refractivity contribution in [1.29, 1.82) is 0 Å². The molecule has 3 N–H and O–H groups in total. The first-order valence-corrected chi connectivity index (χ1v) is 6.82. The molecule has 2 atom stereocenters. The highest BCUT2D eigenvalue weighted by molar-refractivity contribution is 9.10. The van der Waals surface area contributed by atoms with Gasteiger partial charge in [-0.1, -0.05) is 48.8 Å². The van der Waals surface area contributed by atoms with Gasteiger partial charge < -0.3 is 11.1 Å². The summed E-state index contributed by atoms with van der Waals surface area (Å²) in [7, 11) is 0. The standard InChI is InChI=1S/C14H21BrN2O/c1-9(10-6-5-7-11(15)8-10)17-13(18)12(16)14(2,3)4/h5-9,12H,16H2,1-4H3,(H,17,18)/t9-,12+/m1/s1. The SMILES string of the molecule is C[C@@H](NC(=O)[C@H](N)C(C)(C)C)c1cccc(Br)c1. The summed E-state index contributed by atoms with van der Waals surface area (Å²) in [6, 6.07) is 7.33. The third-order valence-corrected chi connectivity index (χ3v) is 3.42. The average molecular weight is 313 g/mol. The van der Waals surface area contributed by atoms with E-state index in [2.05, 4.69) is 21.2 Å². The number of nitrogens with one attached hydrogen (secondary N) is 1. The number of carbonyl (C=O) groups excluding carboxylic acids is 1. The first-order valence-electron chi connectivity index (χ1n) is 6.03. The van der Waals surface area contributed by atoms with Crippen molar-refractivity contribution < 1.29 is 4.79 Å². The van der Waals surface area contributed by atoms with Gasteiger partial charge in [0.15, 0.2) is 0 Å². The smallest absolute Gasteiger partial charge is 0.237 e. The van der Waals surface area contributed by atoms with Crippen molar-refractivity contribution in [2.24, 2.45) is 11.1 Å². The molecule has 18 heavy (non-hydrogen) atoms. The third kappa shape index (κ3) is 4.10. The maximum Gasteiger partial charge on any atom is 0.237 e. The van der Waals surface area contributed by atoms with E-state index in [1.54, 1.807) is 0 Å². The topological polar surface area (TPSA) is 55.1 Å². The molecule has 3 nitrogen and oxygen atoms in total. The Labute approximate surface area is 117 Å². The maximum atomic E-state index is 12.0. The molecule has 0 heterocycles. The van der Waals surface area contributed by atoms with Crippen LogP contribution >= 0.6 is 15.9 Å². The zero-order chi connectivity index (χ0) is 13.9. The summed E-state index contributed by atoms with van der Waals surface area (Å²) in [5, 5.41) is 2.94. The molecule has 0 radical (unpaired) electrons. The monoisotopic (exact) mass is 312 g/mol. The predicted octanol–water partition coefficient (Wildman–Crippen LogP) is 3.00. The van der Waals surface area contributed by atoms with Gasteiger partial charge in [-0.15, -0.1) is 0 Å². The molecular weight excluding hydrogens is 292 g/mol. The molecule has 0 unspecified atom stereocenters. The Morgan fingerprint density at radius 2 is 2.00 bits per heavy atom. The molecule has 0 fully saturated rings. The van der Waals surface area contributed by atoms with Crippen molar-refractivity contribution >= 4 is 21.8 Å². The number of halogens is 1. The molecule has 1 amide bonds. The van der Waals surface area contributed by atoms with Crippen LogP contribution in [0.25, 0.3) is 0 Å². The summed E-state index contributed by atoms with van der Waals surface area (Å²) >= 11 is 3.42. The van der Waals surface area contributed by atoms with E-state index in [4.69, 9.17) is 5.73 Å². The number of hydrogen-bond donors (Lipinski definition) is 2. The van der Waals surface area contributed by atoms with Gasteiger partial charge in [-0.3, -0.25) is 4.79 Å². The zero-order valence-corrected chi connectivity index (χ0v) is 12.9. The van der Waals surface area contributed by atoms with Crippen LogP contribution in [0.2, 0.25) is 0 Å². The van der Waals surface area contributed by atoms with E-state index >= 15 is 0 Å². The molecule has 1 rings (SSSR count). The Balaban J connectivity index is 2.71. The highest BCUT2D eigenvalue weighted by Crippen LogP contribution is 2.20. The number of carbonyl (C=O) groups is 1. The van der Waals surface area contributed by atoms with E-state index in [9.17, 15) is 4.79 Å². The van der Waals surface area contributed by atoms with Crippen molar-refractivity contribution in [2.75, 3.05) is 0 Å². The van der Waals surface area contributed by atoms with E-state index < -0.39 is 6.04 Å². The minimum Gasteiger partial charge on any atom is -0.348 e. The largest absolute Gasteiger partial charge is 0.348 e. The van der Waals surface area contributed by atoms with Crippen LogP contribution in [0.3, 0.4) is 0 Å². The van der Waals surface area contributed by atoms with Gasteiger partial charge in [-0.05, 0) is 30.0 Å². The van der Waals surface area contributed by atoms with Crippen molar-refractivity contribution in [3.05, 3.63) is 34.3 Å². The normalized spacial score (nSPS) is 15.0. The van der Waals surface area contributed by atoms with Gasteiger partial charge in [0, 0.05) is 4.47 Å². The van der Waals surface area contributed by atoms with Gasteiger partial charge in [0.05, 0.1) is 12.1 Å². The predicted molar refractivity (Wildman–Crippen MR) is 78.1 cm³/mol. The molecule has 100 valence electrons. The summed E-state index contributed by atoms with van der Waals surface area (Å²) in [6.07, 6.45) is 0. The molecule has 0 aliphatic carbocycles. The highest BCUT2D eigenvalue weighted by Gasteiger charge is 2.28. The van der Waals surface area contributed by atoms with E-state index in [1.165, 1.54) is 0 Å². The minimum atomic E-state index is -0.507. The Hall–Kier alpha value is -0.870. The van der Waals surface area contributed by atoms with Gasteiger partial charge in [-0.2, -0.15) is 0 Å². The summed E-state index contributed by atoms with van der Waals surface area (Å²) in [4.78, 5) is 12.0. The molecule has 1 aromatic rings. The second-order valence-corrected chi connectivity index (χ2v) is 6.54. The van der Waals surface area contributed by atoms with E-state index in [-0.39, 0.29) is 17.4 Å². The molecular formula is C14H21BrN2O. The Bertz CT molecular complexity index is 426. The second-order valence-electron chi connectivity index (χ2n) is 5.63. The summed E-state index contributed by atoms with van der Waals surface area (Å²) in [5.41, 5.74) is 6.75. The lowest BCUT2D eigenvalue weighted by molar-refractivity contribution is -0.125. The van der Waals surface area contributed by atoms with Crippen molar-refractivity contribution in [2.45, 2.75) is 39.8 Å². The number of amides is 1. The highest BCUT2D eigenvalue weighted by atomic mass is 79.9. The lowest BCUT2D eigenvalue weighted by Gasteiger charge is -2.27. The molecule has 0 spiro atoms. The van der Waals surface area contributed by atoms with Crippen LogP contribution in [0, 0.1) is 5.41 Å². The van der Waals surface area contributed by atoms with Crippen molar-refractivity contribution in [1.82, 2.24) is 5.32 Å². The molecule has 0 bridgehead atoms. The quantitative estimate of drug-likeness (QED) is 0.901. The van der Waals surface area contributed by atoms with Crippen LogP contribution in [0.5, 0.6) is 0 Å². The van der Waals surface area contributed by atoms with Crippen LogP contribution in [0.4, 0.5) is 0 Å². The van der Waals surface area contributed by atoms with Gasteiger partial charge >= 0.3 is 0 Å². The van der Waals surface area contributed by atoms with E-state index in [0.29, 0.717) is 0 Å². The summed E-state index contributed by atoms with van der Waals surface area (Å²) < 4.78 is 1.00. The number of hydrogen-bond acceptors (Lipinski definition) is 2. The van der Waals surface area contributed by atoms with Gasteiger partial charge in [0.2, 0.25) is 5.91 Å². The van der Waals surface area contributed by atoms with Crippen LogP contribution in [-0.4, -0.2) is 11.9 Å². The van der Waals surface area contributed by atoms with E-state index in [1.807, 2.05) is 52.0 Å². The fourth-order valence-electron chi connectivity index (χ4n) is 1.56. The molecule has 0 aliphatic rings. The van der Waals surface area contributed by atoms with Crippen LogP contribution < -0.4 is 11.1 Å². The molecule has 0 aliphatic heterocycles. The summed E-state index contributed by atoms with van der Waals surface area (Å²) in [6.45, 7) is 7.83. The maximum absolute atomic E-state index is 12.0. The van der Waals surface area contributed by atoms with Crippen LogP contribution in [0.1, 0.15) is 39.3 Å². The average Bonchev–Trinajstić information content (AvgIpc) is 2.26. The van der Waals surface area contributed by atoms with Crippen LogP contribution in [0.15, 0.2) is 28.7 Å². The number of benzene rings is 1. The number of rotatable bonds is 3. The zero-order valence-electron chi connectivity index (χ0n) is 11.3. The molecule has 0 saturated heterocycles. The second kappa shape index (κ2) is 5.85. The lowest BCUT2D eigenvalue weighted by Crippen LogP contribution is -2.49. The van der Waals surface area contributed by atoms with Crippen molar-refractivity contribution in [3.8, 4) is 0 Å². The molecule has 0 aromatic heterocycles. The molecule has 0 saturated carbocycles. The fraction of sp³-hybridized carbons (Fsp3) is 0.500. The minimum absolute atomic E-state index is 0.0524. The summed E-state index contributed by atoms with van der Waals surface area (Å²) in [5.74, 6) is -0.116. The third-order valence-electron chi connectivity index (χ3n) is 2.92. The first kappa shape index (κ1) is 15.2. The Kier molecular flexibility index (Phi) is 4.93. The van der Waals surface area contributed by atoms with Gasteiger partial charge in [-0.25, -0.2) is 0 Å². The lowest BCUT2D eigenvalue weighted by atomic mass is 9.86. The molecule has 1 aromatic carbocycles.